The molecule has 7 nitrogen and oxygen atoms in total. The van der Waals surface area contributed by atoms with Crippen molar-refractivity contribution in [3.8, 4) is 5.69 Å². The first-order valence-corrected chi connectivity index (χ1v) is 8.30. The van der Waals surface area contributed by atoms with E-state index in [4.69, 9.17) is 4.84 Å². The van der Waals surface area contributed by atoms with E-state index in [1.54, 1.807) is 23.7 Å². The van der Waals surface area contributed by atoms with Crippen LogP contribution in [0.25, 0.3) is 5.69 Å². The molecule has 0 unspecified atom stereocenters. The van der Waals surface area contributed by atoms with E-state index in [1.807, 2.05) is 31.2 Å². The molecule has 0 aliphatic carbocycles. The van der Waals surface area contributed by atoms with E-state index in [2.05, 4.69) is 5.10 Å². The highest BCUT2D eigenvalue weighted by molar-refractivity contribution is 6.21. The summed E-state index contributed by atoms with van der Waals surface area (Å²) in [6.45, 7) is 3.66. The minimum Gasteiger partial charge on any atom is -0.324 e. The van der Waals surface area contributed by atoms with E-state index in [0.717, 1.165) is 11.3 Å². The van der Waals surface area contributed by atoms with Crippen LogP contribution < -0.4 is 0 Å². The number of aromatic nitrogens is 2. The number of aryl methyl sites for hydroxylation is 1. The van der Waals surface area contributed by atoms with Gasteiger partial charge in [-0.2, -0.15) is 5.10 Å². The Morgan fingerprint density at radius 2 is 1.52 bits per heavy atom. The molecule has 1 aromatic heterocycles. The van der Waals surface area contributed by atoms with Crippen molar-refractivity contribution in [2.24, 2.45) is 0 Å². The van der Waals surface area contributed by atoms with Crippen LogP contribution in [0, 0.1) is 13.8 Å². The molecule has 2 amide bonds. The molecule has 0 saturated heterocycles. The number of carbonyl (C=O) groups excluding carboxylic acids is 3. The summed E-state index contributed by atoms with van der Waals surface area (Å²) in [4.78, 5) is 42.4. The average Bonchev–Trinajstić information content (AvgIpc) is 3.16. The second-order valence-electron chi connectivity index (χ2n) is 6.17. The monoisotopic (exact) mass is 361 g/mol. The molecule has 0 saturated carbocycles. The number of hydrogen-bond donors (Lipinski definition) is 0. The van der Waals surface area contributed by atoms with Crippen LogP contribution >= 0.6 is 0 Å². The van der Waals surface area contributed by atoms with Crippen molar-refractivity contribution in [2.45, 2.75) is 13.8 Å². The molecule has 4 rings (SSSR count). The summed E-state index contributed by atoms with van der Waals surface area (Å²) >= 11 is 0. The lowest BCUT2D eigenvalue weighted by atomic mass is 10.1. The normalized spacial score (nSPS) is 13.0. The quantitative estimate of drug-likeness (QED) is 0.670. The zero-order valence-electron chi connectivity index (χ0n) is 14.7. The largest absolute Gasteiger partial charge is 0.367 e. The minimum atomic E-state index is -0.818. The predicted octanol–water partition coefficient (Wildman–Crippen LogP) is 2.86. The van der Waals surface area contributed by atoms with Gasteiger partial charge in [0.2, 0.25) is 0 Å². The Labute approximate surface area is 154 Å². The van der Waals surface area contributed by atoms with Crippen molar-refractivity contribution in [3.05, 3.63) is 82.7 Å². The van der Waals surface area contributed by atoms with Crippen LogP contribution in [0.5, 0.6) is 0 Å². The van der Waals surface area contributed by atoms with Gasteiger partial charge in [0, 0.05) is 0 Å². The maximum atomic E-state index is 12.6. The molecule has 1 aliphatic heterocycles. The molecule has 27 heavy (non-hydrogen) atoms. The van der Waals surface area contributed by atoms with E-state index in [1.165, 1.54) is 18.3 Å². The highest BCUT2D eigenvalue weighted by Crippen LogP contribution is 2.24. The highest BCUT2D eigenvalue weighted by atomic mass is 16.7. The SMILES string of the molecule is Cc1ccccc1-n1ncc(C(=O)ON2C(=O)c3ccccc3C2=O)c1C. The molecule has 0 atom stereocenters. The number of carbonyl (C=O) groups is 3. The van der Waals surface area contributed by atoms with Gasteiger partial charge in [-0.15, -0.1) is 0 Å². The number of para-hydroxylation sites is 1. The van der Waals surface area contributed by atoms with Crippen LogP contribution in [-0.2, 0) is 4.84 Å². The Kier molecular flexibility index (Phi) is 3.84. The first kappa shape index (κ1) is 16.7. The van der Waals surface area contributed by atoms with Crippen LogP contribution in [0.1, 0.15) is 42.3 Å². The number of hydrogen-bond acceptors (Lipinski definition) is 5. The topological polar surface area (TPSA) is 81.5 Å². The molecule has 3 aromatic rings. The van der Waals surface area contributed by atoms with Crippen LogP contribution in [-0.4, -0.2) is 32.6 Å². The number of imide groups is 1. The second-order valence-corrected chi connectivity index (χ2v) is 6.17. The summed E-state index contributed by atoms with van der Waals surface area (Å²) in [6.07, 6.45) is 1.36. The van der Waals surface area contributed by atoms with Crippen molar-refractivity contribution >= 4 is 17.8 Å². The third kappa shape index (κ3) is 2.60. The molecule has 0 radical (unpaired) electrons. The van der Waals surface area contributed by atoms with E-state index in [-0.39, 0.29) is 16.7 Å². The standard InChI is InChI=1S/C20H15N3O4/c1-12-7-3-6-10-17(12)22-13(2)16(11-21-22)20(26)27-23-18(24)14-8-4-5-9-15(14)19(23)25/h3-11H,1-2H3. The fraction of sp³-hybridized carbons (Fsp3) is 0.100. The van der Waals surface area contributed by atoms with Crippen LogP contribution in [0.15, 0.2) is 54.7 Å². The molecular weight excluding hydrogens is 346 g/mol. The number of nitrogens with zero attached hydrogens (tertiary/aromatic N) is 3. The lowest BCUT2D eigenvalue weighted by Crippen LogP contribution is -2.32. The summed E-state index contributed by atoms with van der Waals surface area (Å²) in [5.41, 5.74) is 2.96. The van der Waals surface area contributed by atoms with Gasteiger partial charge >= 0.3 is 5.97 Å². The molecule has 1 aliphatic rings. The van der Waals surface area contributed by atoms with E-state index in [0.29, 0.717) is 10.8 Å². The van der Waals surface area contributed by atoms with Gasteiger partial charge in [-0.3, -0.25) is 9.59 Å². The Balaban J connectivity index is 1.61. The molecular formula is C20H15N3O4. The number of rotatable bonds is 3. The smallest absolute Gasteiger partial charge is 0.324 e. The summed E-state index contributed by atoms with van der Waals surface area (Å²) in [6, 6.07) is 13.9. The van der Waals surface area contributed by atoms with Gasteiger partial charge in [-0.1, -0.05) is 35.4 Å². The Hall–Kier alpha value is -3.74. The lowest BCUT2D eigenvalue weighted by molar-refractivity contribution is -0.0585. The molecule has 2 aromatic carbocycles. The van der Waals surface area contributed by atoms with Gasteiger partial charge in [0.15, 0.2) is 0 Å². The zero-order chi connectivity index (χ0) is 19.1. The van der Waals surface area contributed by atoms with Crippen LogP contribution in [0.3, 0.4) is 0 Å². The molecule has 0 N–H and O–H groups in total. The van der Waals surface area contributed by atoms with Gasteiger partial charge < -0.3 is 4.84 Å². The number of amides is 2. The number of fused-ring (bicyclic) bond motifs is 1. The van der Waals surface area contributed by atoms with Crippen LogP contribution in [0.2, 0.25) is 0 Å². The maximum absolute atomic E-state index is 12.6. The Morgan fingerprint density at radius 1 is 0.926 bits per heavy atom. The molecule has 0 fully saturated rings. The number of benzene rings is 2. The van der Waals surface area contributed by atoms with Crippen molar-refractivity contribution in [2.75, 3.05) is 0 Å². The highest BCUT2D eigenvalue weighted by Gasteiger charge is 2.39. The van der Waals surface area contributed by atoms with E-state index < -0.39 is 17.8 Å². The van der Waals surface area contributed by atoms with Crippen molar-refractivity contribution in [1.82, 2.24) is 14.8 Å². The van der Waals surface area contributed by atoms with E-state index in [9.17, 15) is 14.4 Å². The lowest BCUT2D eigenvalue weighted by Gasteiger charge is -2.12. The maximum Gasteiger partial charge on any atom is 0.367 e. The van der Waals surface area contributed by atoms with Crippen molar-refractivity contribution in [3.63, 3.8) is 0 Å². The fourth-order valence-electron chi connectivity index (χ4n) is 3.04. The van der Waals surface area contributed by atoms with Crippen LogP contribution in [0.4, 0.5) is 0 Å². The molecule has 2 heterocycles. The van der Waals surface area contributed by atoms with Gasteiger partial charge in [-0.25, -0.2) is 9.48 Å². The minimum absolute atomic E-state index is 0.176. The third-order valence-corrected chi connectivity index (χ3v) is 4.50. The molecule has 134 valence electrons. The van der Waals surface area contributed by atoms with Crippen molar-refractivity contribution in [1.29, 1.82) is 0 Å². The summed E-state index contributed by atoms with van der Waals surface area (Å²) < 4.78 is 1.62. The Bertz CT molecular complexity index is 1070. The van der Waals surface area contributed by atoms with Gasteiger partial charge in [0.1, 0.15) is 5.56 Å². The van der Waals surface area contributed by atoms with Gasteiger partial charge in [-0.05, 0) is 37.6 Å². The molecule has 7 heteroatoms. The zero-order valence-corrected chi connectivity index (χ0v) is 14.7. The second kappa shape index (κ2) is 6.21. The fourth-order valence-corrected chi connectivity index (χ4v) is 3.04. The predicted molar refractivity (Wildman–Crippen MR) is 95.4 cm³/mol. The van der Waals surface area contributed by atoms with E-state index >= 15 is 0 Å². The van der Waals surface area contributed by atoms with Crippen molar-refractivity contribution < 1.29 is 19.2 Å². The third-order valence-electron chi connectivity index (χ3n) is 4.50. The summed E-state index contributed by atoms with van der Waals surface area (Å²) in [7, 11) is 0. The first-order valence-electron chi connectivity index (χ1n) is 8.30. The van der Waals surface area contributed by atoms with Gasteiger partial charge in [0.05, 0.1) is 28.7 Å². The average molecular weight is 361 g/mol. The molecule has 0 bridgehead atoms. The molecule has 0 spiro atoms. The van der Waals surface area contributed by atoms with Gasteiger partial charge in [0.25, 0.3) is 11.8 Å². The Morgan fingerprint density at radius 3 is 2.15 bits per heavy atom. The number of hydroxylamine groups is 2. The summed E-state index contributed by atoms with van der Waals surface area (Å²) in [5.74, 6) is -2.14. The first-order chi connectivity index (χ1) is 13.0. The summed E-state index contributed by atoms with van der Waals surface area (Å²) in [5, 5.41) is 4.75.